The number of aliphatic hydroxyl groups is 1. The maximum absolute atomic E-state index is 8.62. The van der Waals surface area contributed by atoms with Gasteiger partial charge in [-0.2, -0.15) is 0 Å². The molecule has 14 heavy (non-hydrogen) atoms. The Morgan fingerprint density at radius 2 is 2.21 bits per heavy atom. The zero-order valence-electron chi connectivity index (χ0n) is 8.29. The highest BCUT2D eigenvalue weighted by atomic mass is 16.5. The minimum Gasteiger partial charge on any atom is -0.491 e. The normalized spacial score (nSPS) is 9.50. The summed E-state index contributed by atoms with van der Waals surface area (Å²) < 4.78 is 5.29. The summed E-state index contributed by atoms with van der Waals surface area (Å²) in [6.45, 7) is 2.38. The van der Waals surface area contributed by atoms with Gasteiger partial charge in [0, 0.05) is 5.56 Å². The minimum absolute atomic E-state index is 0.0156. The van der Waals surface area contributed by atoms with E-state index in [1.165, 1.54) is 0 Å². The Morgan fingerprint density at radius 3 is 2.79 bits per heavy atom. The molecule has 0 unspecified atom stereocenters. The highest BCUT2D eigenvalue weighted by molar-refractivity contribution is 5.42. The first-order valence-electron chi connectivity index (χ1n) is 4.64. The van der Waals surface area contributed by atoms with Crippen LogP contribution in [0.25, 0.3) is 0 Å². The van der Waals surface area contributed by atoms with Gasteiger partial charge in [-0.25, -0.2) is 0 Å². The smallest absolute Gasteiger partial charge is 0.120 e. The predicted molar refractivity (Wildman–Crippen MR) is 56.3 cm³/mol. The van der Waals surface area contributed by atoms with Crippen LogP contribution < -0.4 is 4.74 Å². The summed E-state index contributed by atoms with van der Waals surface area (Å²) in [5.41, 5.74) is 1.96. The van der Waals surface area contributed by atoms with Crippen LogP contribution in [0.15, 0.2) is 18.2 Å². The summed E-state index contributed by atoms with van der Waals surface area (Å²) in [5.74, 6) is 3.30. The summed E-state index contributed by atoms with van der Waals surface area (Å²) >= 11 is 0. The lowest BCUT2D eigenvalue weighted by molar-refractivity contribution is 0.201. The molecule has 0 aliphatic carbocycles. The van der Waals surface area contributed by atoms with Crippen molar-refractivity contribution in [3.05, 3.63) is 29.3 Å². The second-order valence-corrected chi connectivity index (χ2v) is 2.94. The Bertz CT molecular complexity index is 337. The highest BCUT2D eigenvalue weighted by Gasteiger charge is 1.99. The third-order valence-corrected chi connectivity index (χ3v) is 1.90. The van der Waals surface area contributed by atoms with Crippen LogP contribution in [0.3, 0.4) is 0 Å². The molecule has 74 valence electrons. The molecule has 1 aromatic carbocycles. The van der Waals surface area contributed by atoms with Gasteiger partial charge in [0.2, 0.25) is 0 Å². The number of hydrogen-bond donors (Lipinski definition) is 1. The summed E-state index contributed by atoms with van der Waals surface area (Å²) in [6, 6.07) is 5.71. The van der Waals surface area contributed by atoms with Gasteiger partial charge in [0.25, 0.3) is 0 Å². The first-order chi connectivity index (χ1) is 6.80. The monoisotopic (exact) mass is 190 g/mol. The molecule has 1 aromatic rings. The molecule has 0 saturated heterocycles. The van der Waals surface area contributed by atoms with Gasteiger partial charge in [-0.3, -0.25) is 0 Å². The Hall–Kier alpha value is -1.46. The zero-order valence-corrected chi connectivity index (χ0v) is 8.29. The fourth-order valence-corrected chi connectivity index (χ4v) is 1.20. The highest BCUT2D eigenvalue weighted by Crippen LogP contribution is 2.17. The predicted octanol–water partition coefficient (Wildman–Crippen LogP) is 1.60. The van der Waals surface area contributed by atoms with Gasteiger partial charge in [0.15, 0.2) is 0 Å². The lowest BCUT2D eigenvalue weighted by Crippen LogP contribution is -2.02. The van der Waals surface area contributed by atoms with Crippen molar-refractivity contribution in [2.24, 2.45) is 0 Å². The summed E-state index contributed by atoms with van der Waals surface area (Å²) in [4.78, 5) is 0. The zero-order chi connectivity index (χ0) is 10.4. The number of terminal acetylenes is 1. The lowest BCUT2D eigenvalue weighted by atomic mass is 10.1. The van der Waals surface area contributed by atoms with Gasteiger partial charge in [-0.05, 0) is 30.2 Å². The van der Waals surface area contributed by atoms with Crippen LogP contribution in [-0.4, -0.2) is 18.3 Å². The molecule has 0 bridgehead atoms. The van der Waals surface area contributed by atoms with Crippen LogP contribution >= 0.6 is 0 Å². The number of ether oxygens (including phenoxy) is 1. The summed E-state index contributed by atoms with van der Waals surface area (Å²) in [7, 11) is 0. The molecule has 2 heteroatoms. The second kappa shape index (κ2) is 5.31. The van der Waals surface area contributed by atoms with E-state index in [-0.39, 0.29) is 6.61 Å². The first-order valence-corrected chi connectivity index (χ1v) is 4.64. The van der Waals surface area contributed by atoms with E-state index in [0.29, 0.717) is 6.61 Å². The Kier molecular flexibility index (Phi) is 4.03. The molecule has 1 N–H and O–H groups in total. The molecule has 0 aliphatic heterocycles. The summed E-state index contributed by atoms with van der Waals surface area (Å²) in [5, 5.41) is 8.62. The maximum atomic E-state index is 8.62. The van der Waals surface area contributed by atoms with Crippen molar-refractivity contribution >= 4 is 0 Å². The van der Waals surface area contributed by atoms with E-state index < -0.39 is 0 Å². The molecule has 0 heterocycles. The van der Waals surface area contributed by atoms with E-state index in [1.807, 2.05) is 12.1 Å². The van der Waals surface area contributed by atoms with Gasteiger partial charge >= 0.3 is 0 Å². The van der Waals surface area contributed by atoms with Crippen molar-refractivity contribution in [1.82, 2.24) is 0 Å². The molecule has 0 saturated carbocycles. The van der Waals surface area contributed by atoms with Crippen molar-refractivity contribution in [3.63, 3.8) is 0 Å². The Labute approximate surface area is 84.5 Å². The van der Waals surface area contributed by atoms with Crippen LogP contribution in [0.4, 0.5) is 0 Å². The lowest BCUT2D eigenvalue weighted by Gasteiger charge is -2.06. The molecular formula is C12H14O2. The quantitative estimate of drug-likeness (QED) is 0.731. The molecule has 0 atom stereocenters. The fourth-order valence-electron chi connectivity index (χ4n) is 1.20. The first kappa shape index (κ1) is 10.6. The average molecular weight is 190 g/mol. The van der Waals surface area contributed by atoms with Crippen molar-refractivity contribution < 1.29 is 9.84 Å². The van der Waals surface area contributed by atoms with E-state index in [0.717, 1.165) is 23.3 Å². The third-order valence-electron chi connectivity index (χ3n) is 1.90. The van der Waals surface area contributed by atoms with E-state index >= 15 is 0 Å². The van der Waals surface area contributed by atoms with Crippen molar-refractivity contribution in [2.75, 3.05) is 13.2 Å². The van der Waals surface area contributed by atoms with Crippen LogP contribution in [0.5, 0.6) is 5.75 Å². The Morgan fingerprint density at radius 1 is 1.43 bits per heavy atom. The average Bonchev–Trinajstić information content (AvgIpc) is 2.25. The van der Waals surface area contributed by atoms with Crippen molar-refractivity contribution in [1.29, 1.82) is 0 Å². The molecule has 0 fully saturated rings. The SMILES string of the molecule is C#Cc1cc(CC)cc(OCCO)c1. The molecule has 1 rings (SSSR count). The van der Waals surface area contributed by atoms with Crippen LogP contribution in [0, 0.1) is 12.3 Å². The largest absolute Gasteiger partial charge is 0.491 e. The van der Waals surface area contributed by atoms with Gasteiger partial charge in [-0.1, -0.05) is 12.8 Å². The molecule has 0 aromatic heterocycles. The number of aryl methyl sites for hydroxylation is 1. The minimum atomic E-state index is 0.0156. The number of rotatable bonds is 4. The third kappa shape index (κ3) is 2.79. The maximum Gasteiger partial charge on any atom is 0.120 e. The number of hydrogen-bond acceptors (Lipinski definition) is 2. The van der Waals surface area contributed by atoms with E-state index in [1.54, 1.807) is 6.07 Å². The topological polar surface area (TPSA) is 29.5 Å². The van der Waals surface area contributed by atoms with Crippen LogP contribution in [0.2, 0.25) is 0 Å². The second-order valence-electron chi connectivity index (χ2n) is 2.94. The van der Waals surface area contributed by atoms with E-state index in [4.69, 9.17) is 16.3 Å². The van der Waals surface area contributed by atoms with Gasteiger partial charge in [-0.15, -0.1) is 6.42 Å². The summed E-state index contributed by atoms with van der Waals surface area (Å²) in [6.07, 6.45) is 6.24. The fraction of sp³-hybridized carbons (Fsp3) is 0.333. The van der Waals surface area contributed by atoms with Crippen molar-refractivity contribution in [3.8, 4) is 18.1 Å². The van der Waals surface area contributed by atoms with Gasteiger partial charge in [0.05, 0.1) is 6.61 Å². The number of benzene rings is 1. The molecular weight excluding hydrogens is 176 g/mol. The molecule has 0 amide bonds. The molecule has 2 nitrogen and oxygen atoms in total. The molecule has 0 aliphatic rings. The van der Waals surface area contributed by atoms with Gasteiger partial charge < -0.3 is 9.84 Å². The van der Waals surface area contributed by atoms with Crippen LogP contribution in [-0.2, 0) is 6.42 Å². The van der Waals surface area contributed by atoms with Crippen molar-refractivity contribution in [2.45, 2.75) is 13.3 Å². The number of aliphatic hydroxyl groups excluding tert-OH is 1. The van der Waals surface area contributed by atoms with Crippen LogP contribution in [0.1, 0.15) is 18.1 Å². The van der Waals surface area contributed by atoms with Gasteiger partial charge in [0.1, 0.15) is 12.4 Å². The molecule has 0 spiro atoms. The molecule has 0 radical (unpaired) electrons. The van der Waals surface area contributed by atoms with E-state index in [2.05, 4.69) is 12.8 Å². The Balaban J connectivity index is 2.88. The van der Waals surface area contributed by atoms with E-state index in [9.17, 15) is 0 Å². The standard InChI is InChI=1S/C12H14O2/c1-3-10-7-11(4-2)9-12(8-10)14-6-5-13/h1,7-9,13H,4-6H2,2H3.